The monoisotopic (exact) mass is 646 g/mol. The lowest BCUT2D eigenvalue weighted by Gasteiger charge is -2.32. The zero-order valence-electron chi connectivity index (χ0n) is 26.6. The van der Waals surface area contributed by atoms with Crippen LogP contribution in [0, 0.1) is 0 Å². The first-order chi connectivity index (χ1) is 21.1. The van der Waals surface area contributed by atoms with Crippen LogP contribution in [0.25, 0.3) is 0 Å². The first-order valence-electron chi connectivity index (χ1n) is 15.0. The van der Waals surface area contributed by atoms with Gasteiger partial charge in [0, 0.05) is 24.1 Å². The van der Waals surface area contributed by atoms with Gasteiger partial charge in [-0.05, 0) is 102 Å². The summed E-state index contributed by atoms with van der Waals surface area (Å²) in [5, 5.41) is 6.20. The van der Waals surface area contributed by atoms with E-state index in [1.165, 1.54) is 20.8 Å². The molecule has 3 rings (SSSR count). The Balaban J connectivity index is 1.43. The molecular formula is C33H43ClN2O9. The molecule has 1 aliphatic carbocycles. The second-order valence-electron chi connectivity index (χ2n) is 12.3. The first kappa shape index (κ1) is 35.5. The number of alkyl carbamates (subject to hydrolysis) is 1. The Labute approximate surface area is 269 Å². The van der Waals surface area contributed by atoms with Crippen LogP contribution in [0.5, 0.6) is 5.75 Å². The van der Waals surface area contributed by atoms with Crippen LogP contribution in [0.1, 0.15) is 83.1 Å². The average molecular weight is 647 g/mol. The van der Waals surface area contributed by atoms with Gasteiger partial charge in [-0.2, -0.15) is 0 Å². The zero-order chi connectivity index (χ0) is 33.2. The molecule has 0 radical (unpaired) electrons. The Kier molecular flexibility index (Phi) is 12.5. The van der Waals surface area contributed by atoms with Gasteiger partial charge in [-0.25, -0.2) is 14.4 Å². The van der Waals surface area contributed by atoms with E-state index in [9.17, 15) is 19.2 Å². The number of esters is 1. The maximum atomic E-state index is 12.9. The molecule has 0 spiro atoms. The fraction of sp³-hybridized carbons (Fsp3) is 0.515. The highest BCUT2D eigenvalue weighted by Crippen LogP contribution is 2.24. The van der Waals surface area contributed by atoms with Crippen LogP contribution < -0.4 is 15.4 Å². The summed E-state index contributed by atoms with van der Waals surface area (Å²) in [4.78, 5) is 49.8. The molecule has 45 heavy (non-hydrogen) atoms. The molecule has 1 fully saturated rings. The van der Waals surface area contributed by atoms with Crippen molar-refractivity contribution < 1.29 is 42.9 Å². The quantitative estimate of drug-likeness (QED) is 0.162. The van der Waals surface area contributed by atoms with Crippen LogP contribution in [-0.2, 0) is 30.2 Å². The number of benzene rings is 2. The lowest BCUT2D eigenvalue weighted by molar-refractivity contribution is -0.184. The summed E-state index contributed by atoms with van der Waals surface area (Å²) in [5.74, 6) is -0.509. The topological polar surface area (TPSA) is 138 Å². The fourth-order valence-electron chi connectivity index (χ4n) is 4.55. The number of hydrogen-bond acceptors (Lipinski definition) is 9. The third kappa shape index (κ3) is 12.1. The van der Waals surface area contributed by atoms with Gasteiger partial charge in [-0.3, -0.25) is 4.79 Å². The lowest BCUT2D eigenvalue weighted by atomic mass is 9.92. The number of nitrogens with one attached hydrogen (secondary N) is 2. The van der Waals surface area contributed by atoms with E-state index < -0.39 is 47.9 Å². The van der Waals surface area contributed by atoms with Gasteiger partial charge < -0.3 is 34.3 Å². The Hall–Kier alpha value is -3.99. The molecule has 12 heteroatoms. The molecule has 3 atom stereocenters. The molecule has 0 saturated heterocycles. The number of rotatable bonds is 11. The zero-order valence-corrected chi connectivity index (χ0v) is 27.4. The minimum atomic E-state index is -1.40. The molecule has 1 saturated carbocycles. The van der Waals surface area contributed by atoms with E-state index in [0.29, 0.717) is 42.1 Å². The number of ether oxygens (including phenoxy) is 5. The summed E-state index contributed by atoms with van der Waals surface area (Å²) in [6.45, 7) is 10.2. The highest BCUT2D eigenvalue weighted by Gasteiger charge is 2.35. The highest BCUT2D eigenvalue weighted by molar-refractivity contribution is 6.30. The van der Waals surface area contributed by atoms with Crippen molar-refractivity contribution >= 4 is 35.7 Å². The molecule has 0 heterocycles. The Bertz CT molecular complexity index is 1310. The predicted molar refractivity (Wildman–Crippen MR) is 167 cm³/mol. The van der Waals surface area contributed by atoms with Gasteiger partial charge in [-0.15, -0.1) is 0 Å². The second-order valence-corrected chi connectivity index (χ2v) is 12.7. The van der Waals surface area contributed by atoms with Gasteiger partial charge in [0.15, 0.2) is 5.60 Å². The van der Waals surface area contributed by atoms with Crippen molar-refractivity contribution in [3.63, 3.8) is 0 Å². The van der Waals surface area contributed by atoms with Gasteiger partial charge >= 0.3 is 18.2 Å². The minimum absolute atomic E-state index is 0.188. The van der Waals surface area contributed by atoms with Crippen molar-refractivity contribution in [2.75, 3.05) is 6.54 Å². The van der Waals surface area contributed by atoms with Crippen molar-refractivity contribution in [3.05, 3.63) is 64.7 Å². The summed E-state index contributed by atoms with van der Waals surface area (Å²) in [6.07, 6.45) is -0.0208. The van der Waals surface area contributed by atoms with Gasteiger partial charge in [0.05, 0.1) is 6.04 Å². The number of carbonyl (C=O) groups excluding carboxylic acids is 4. The molecule has 2 aromatic rings. The molecule has 2 N–H and O–H groups in total. The molecule has 0 aromatic heterocycles. The summed E-state index contributed by atoms with van der Waals surface area (Å²) in [7, 11) is 0. The Morgan fingerprint density at radius 2 is 1.56 bits per heavy atom. The van der Waals surface area contributed by atoms with Crippen molar-refractivity contribution in [2.45, 2.75) is 103 Å². The SMILES string of the molecule is CC(OC(=O)OC1CCCC[C@H]1NC(=O)OC(C)(C)C)OC(=O)C(C)(C)Oc1ccc(CCNC(=O)c2ccc(Cl)cc2)cc1. The normalized spacial score (nSPS) is 17.3. The number of amides is 2. The highest BCUT2D eigenvalue weighted by atomic mass is 35.5. The van der Waals surface area contributed by atoms with Crippen molar-refractivity contribution in [3.8, 4) is 5.75 Å². The lowest BCUT2D eigenvalue weighted by Crippen LogP contribution is -2.48. The van der Waals surface area contributed by atoms with E-state index >= 15 is 0 Å². The smallest absolute Gasteiger partial charge is 0.476 e. The largest absolute Gasteiger partial charge is 0.511 e. The van der Waals surface area contributed by atoms with Crippen LogP contribution in [0.4, 0.5) is 9.59 Å². The number of halogens is 1. The molecule has 246 valence electrons. The molecule has 0 aliphatic heterocycles. The summed E-state index contributed by atoms with van der Waals surface area (Å²) >= 11 is 5.87. The van der Waals surface area contributed by atoms with Crippen LogP contribution in [0.15, 0.2) is 48.5 Å². The molecular weight excluding hydrogens is 604 g/mol. The van der Waals surface area contributed by atoms with Crippen LogP contribution in [0.2, 0.25) is 5.02 Å². The Morgan fingerprint density at radius 1 is 0.911 bits per heavy atom. The van der Waals surface area contributed by atoms with E-state index in [2.05, 4.69) is 10.6 Å². The van der Waals surface area contributed by atoms with Gasteiger partial charge in [0.1, 0.15) is 17.5 Å². The number of carbonyl (C=O) groups is 4. The standard InChI is InChI=1S/C33H43ClN2O9/c1-21(42-31(40)43-27-10-8-7-9-26(27)36-30(39)45-32(2,3)4)41-29(38)33(5,6)44-25-17-11-22(12-18-25)19-20-35-28(37)23-13-15-24(34)16-14-23/h11-18,21,26-27H,7-10,19-20H2,1-6H3,(H,35,37)(H,36,39)/t21?,26-,27?/m1/s1. The molecule has 1 aliphatic rings. The third-order valence-corrected chi connectivity index (χ3v) is 7.03. The van der Waals surface area contributed by atoms with Crippen LogP contribution in [-0.4, -0.2) is 60.3 Å². The summed E-state index contributed by atoms with van der Waals surface area (Å²) in [5.41, 5.74) is -0.574. The maximum absolute atomic E-state index is 12.9. The van der Waals surface area contributed by atoms with Crippen molar-refractivity contribution in [1.82, 2.24) is 10.6 Å². The summed E-state index contributed by atoms with van der Waals surface area (Å²) in [6, 6.07) is 13.3. The van der Waals surface area contributed by atoms with Crippen LogP contribution in [0.3, 0.4) is 0 Å². The Morgan fingerprint density at radius 3 is 2.20 bits per heavy atom. The van der Waals surface area contributed by atoms with Gasteiger partial charge in [-0.1, -0.05) is 30.2 Å². The molecule has 2 unspecified atom stereocenters. The van der Waals surface area contributed by atoms with E-state index in [-0.39, 0.29) is 5.91 Å². The molecule has 0 bridgehead atoms. The van der Waals surface area contributed by atoms with E-state index in [4.69, 9.17) is 35.3 Å². The maximum Gasteiger partial charge on any atom is 0.511 e. The average Bonchev–Trinajstić information content (AvgIpc) is 2.94. The second kappa shape index (κ2) is 15.8. The van der Waals surface area contributed by atoms with Gasteiger partial charge in [0.25, 0.3) is 5.91 Å². The molecule has 11 nitrogen and oxygen atoms in total. The fourth-order valence-corrected chi connectivity index (χ4v) is 4.68. The van der Waals surface area contributed by atoms with E-state index in [1.807, 2.05) is 12.1 Å². The number of hydrogen-bond donors (Lipinski definition) is 2. The van der Waals surface area contributed by atoms with Crippen LogP contribution >= 0.6 is 11.6 Å². The summed E-state index contributed by atoms with van der Waals surface area (Å²) < 4.78 is 27.1. The third-order valence-electron chi connectivity index (χ3n) is 6.78. The molecule has 2 amide bonds. The minimum Gasteiger partial charge on any atom is -0.476 e. The van der Waals surface area contributed by atoms with E-state index in [1.54, 1.807) is 57.2 Å². The van der Waals surface area contributed by atoms with Crippen molar-refractivity contribution in [1.29, 1.82) is 0 Å². The van der Waals surface area contributed by atoms with E-state index in [0.717, 1.165) is 18.4 Å². The van der Waals surface area contributed by atoms with Crippen molar-refractivity contribution in [2.24, 2.45) is 0 Å². The predicted octanol–water partition coefficient (Wildman–Crippen LogP) is 6.35. The van der Waals surface area contributed by atoms with Gasteiger partial charge in [0.2, 0.25) is 6.29 Å². The molecule has 2 aromatic carbocycles. The first-order valence-corrected chi connectivity index (χ1v) is 15.4.